The van der Waals surface area contributed by atoms with E-state index in [0.717, 1.165) is 5.82 Å². The van der Waals surface area contributed by atoms with Crippen LogP contribution in [0.5, 0.6) is 0 Å². The van der Waals surface area contributed by atoms with Gasteiger partial charge in [-0.15, -0.1) is 0 Å². The Kier molecular flexibility index (Phi) is 2.49. The van der Waals surface area contributed by atoms with Crippen molar-refractivity contribution in [2.24, 2.45) is 5.92 Å². The van der Waals surface area contributed by atoms with Gasteiger partial charge in [0.05, 0.1) is 12.5 Å². The van der Waals surface area contributed by atoms with Gasteiger partial charge in [0, 0.05) is 18.0 Å². The van der Waals surface area contributed by atoms with Crippen molar-refractivity contribution >= 4 is 11.8 Å². The number of carbonyl (C=O) groups is 1. The molecule has 0 amide bonds. The molecule has 0 fully saturated rings. The molecule has 0 aromatic carbocycles. The summed E-state index contributed by atoms with van der Waals surface area (Å²) in [5.41, 5.74) is -0.169. The van der Waals surface area contributed by atoms with Crippen LogP contribution in [-0.2, 0) is 4.79 Å². The minimum absolute atomic E-state index is 0.0231. The van der Waals surface area contributed by atoms with Gasteiger partial charge in [0.1, 0.15) is 5.82 Å². The molecule has 1 aliphatic rings. The zero-order chi connectivity index (χ0) is 11.9. The summed E-state index contributed by atoms with van der Waals surface area (Å²) >= 11 is 0. The molecule has 6 nitrogen and oxygen atoms in total. The fourth-order valence-electron chi connectivity index (χ4n) is 2.34. The number of aliphatic carboxylic acids is 1. The summed E-state index contributed by atoms with van der Waals surface area (Å²) in [7, 11) is 0. The minimum Gasteiger partial charge on any atom is -0.481 e. The molecule has 3 unspecified atom stereocenters. The second-order valence-electron chi connectivity index (χ2n) is 4.31. The molecule has 3 atom stereocenters. The van der Waals surface area contributed by atoms with Gasteiger partial charge in [-0.05, 0) is 13.8 Å². The summed E-state index contributed by atoms with van der Waals surface area (Å²) in [6.45, 7) is 3.86. The van der Waals surface area contributed by atoms with Crippen molar-refractivity contribution < 1.29 is 9.90 Å². The largest absolute Gasteiger partial charge is 0.481 e. The third kappa shape index (κ3) is 1.70. The maximum absolute atomic E-state index is 11.2. The quantitative estimate of drug-likeness (QED) is 0.689. The van der Waals surface area contributed by atoms with Gasteiger partial charge >= 0.3 is 5.97 Å². The third-order valence-corrected chi connectivity index (χ3v) is 3.21. The molecule has 88 valence electrons. The van der Waals surface area contributed by atoms with Crippen LogP contribution in [0.1, 0.15) is 26.3 Å². The molecule has 0 aliphatic carbocycles. The number of carboxylic acid groups (broad SMARTS) is 1. The van der Waals surface area contributed by atoms with Crippen molar-refractivity contribution in [1.29, 1.82) is 0 Å². The Balaban J connectivity index is 2.33. The number of aromatic amines is 1. The highest BCUT2D eigenvalue weighted by atomic mass is 16.4. The van der Waals surface area contributed by atoms with Crippen molar-refractivity contribution in [3.8, 4) is 0 Å². The van der Waals surface area contributed by atoms with E-state index in [1.165, 1.54) is 6.07 Å². The molecule has 16 heavy (non-hydrogen) atoms. The van der Waals surface area contributed by atoms with E-state index in [1.54, 1.807) is 4.68 Å². The van der Waals surface area contributed by atoms with Gasteiger partial charge in [-0.3, -0.25) is 19.4 Å². The summed E-state index contributed by atoms with van der Waals surface area (Å²) < 4.78 is 1.70. The van der Waals surface area contributed by atoms with Crippen molar-refractivity contribution in [3.63, 3.8) is 0 Å². The topological polar surface area (TPSA) is 87.1 Å². The summed E-state index contributed by atoms with van der Waals surface area (Å²) in [5, 5.41) is 14.7. The van der Waals surface area contributed by atoms with Crippen molar-refractivity contribution in [2.75, 3.05) is 5.32 Å². The number of nitrogens with zero attached hydrogens (tertiary/aromatic N) is 1. The number of hydrogen-bond acceptors (Lipinski definition) is 3. The summed E-state index contributed by atoms with van der Waals surface area (Å²) in [6.07, 6.45) is 0.0922. The van der Waals surface area contributed by atoms with Crippen molar-refractivity contribution in [2.45, 2.75) is 32.4 Å². The zero-order valence-electron chi connectivity index (χ0n) is 9.23. The van der Waals surface area contributed by atoms with Gasteiger partial charge < -0.3 is 10.4 Å². The average Bonchev–Trinajstić information content (AvgIpc) is 2.53. The van der Waals surface area contributed by atoms with Gasteiger partial charge in [0.25, 0.3) is 5.56 Å². The lowest BCUT2D eigenvalue weighted by Crippen LogP contribution is -2.39. The number of rotatable bonds is 2. The van der Waals surface area contributed by atoms with Gasteiger partial charge in [-0.2, -0.15) is 0 Å². The Labute approximate surface area is 92.3 Å². The highest BCUT2D eigenvalue weighted by Gasteiger charge is 2.33. The van der Waals surface area contributed by atoms with Gasteiger partial charge in [0.15, 0.2) is 0 Å². The van der Waals surface area contributed by atoms with Gasteiger partial charge in [0.2, 0.25) is 0 Å². The monoisotopic (exact) mass is 225 g/mol. The maximum atomic E-state index is 11.2. The number of anilines is 1. The van der Waals surface area contributed by atoms with E-state index in [-0.39, 0.29) is 30.0 Å². The SMILES string of the molecule is CC1Nc2cc(=O)[nH]n2C(C)C1CC(=O)O. The summed E-state index contributed by atoms with van der Waals surface area (Å²) in [6, 6.07) is 1.51. The van der Waals surface area contributed by atoms with Crippen LogP contribution in [0, 0.1) is 5.92 Å². The normalized spacial score (nSPS) is 28.2. The smallest absolute Gasteiger partial charge is 0.303 e. The van der Waals surface area contributed by atoms with E-state index in [2.05, 4.69) is 10.4 Å². The highest BCUT2D eigenvalue weighted by Crippen LogP contribution is 2.32. The van der Waals surface area contributed by atoms with Gasteiger partial charge in [-0.25, -0.2) is 0 Å². The lowest BCUT2D eigenvalue weighted by Gasteiger charge is -2.36. The van der Waals surface area contributed by atoms with Crippen LogP contribution in [0.3, 0.4) is 0 Å². The molecule has 2 rings (SSSR count). The highest BCUT2D eigenvalue weighted by molar-refractivity contribution is 5.67. The molecule has 1 aliphatic heterocycles. The third-order valence-electron chi connectivity index (χ3n) is 3.21. The summed E-state index contributed by atoms with van der Waals surface area (Å²) in [4.78, 5) is 22.0. The predicted octanol–water partition coefficient (Wildman–Crippen LogP) is 0.642. The Bertz CT molecular complexity index is 462. The maximum Gasteiger partial charge on any atom is 0.303 e. The Hall–Kier alpha value is -1.72. The molecule has 0 bridgehead atoms. The first-order valence-electron chi connectivity index (χ1n) is 5.29. The van der Waals surface area contributed by atoms with Crippen molar-refractivity contribution in [3.05, 3.63) is 16.4 Å². The van der Waals surface area contributed by atoms with E-state index in [9.17, 15) is 9.59 Å². The van der Waals surface area contributed by atoms with Crippen LogP contribution in [0.4, 0.5) is 5.82 Å². The van der Waals surface area contributed by atoms with Crippen LogP contribution in [0.25, 0.3) is 0 Å². The first kappa shape index (κ1) is 10.8. The fraction of sp³-hybridized carbons (Fsp3) is 0.600. The van der Waals surface area contributed by atoms with Gasteiger partial charge in [-0.1, -0.05) is 0 Å². The van der Waals surface area contributed by atoms with E-state index in [1.807, 2.05) is 13.8 Å². The number of H-pyrrole nitrogens is 1. The number of nitrogens with one attached hydrogen (secondary N) is 2. The molecule has 0 spiro atoms. The zero-order valence-corrected chi connectivity index (χ0v) is 9.23. The number of aromatic nitrogens is 2. The molecule has 0 saturated heterocycles. The van der Waals surface area contributed by atoms with Crippen LogP contribution in [0.2, 0.25) is 0 Å². The molecule has 1 aromatic heterocycles. The van der Waals surface area contributed by atoms with E-state index < -0.39 is 5.97 Å². The standard InChI is InChI=1S/C10H15N3O3/c1-5-7(3-10(15)16)6(2)13-8(11-5)4-9(14)12-13/h4-7,11H,3H2,1-2H3,(H,12,14)(H,15,16). The van der Waals surface area contributed by atoms with Crippen LogP contribution in [-0.4, -0.2) is 26.9 Å². The molecule has 2 heterocycles. The molecule has 0 saturated carbocycles. The molecule has 1 aromatic rings. The van der Waals surface area contributed by atoms with Crippen LogP contribution in [0.15, 0.2) is 10.9 Å². The first-order chi connectivity index (χ1) is 7.49. The molecule has 6 heteroatoms. The molecule has 3 N–H and O–H groups in total. The molecular weight excluding hydrogens is 210 g/mol. The predicted molar refractivity (Wildman–Crippen MR) is 58.6 cm³/mol. The summed E-state index contributed by atoms with van der Waals surface area (Å²) in [5.74, 6) is -0.122. The van der Waals surface area contributed by atoms with Crippen molar-refractivity contribution in [1.82, 2.24) is 9.78 Å². The van der Waals surface area contributed by atoms with E-state index in [4.69, 9.17) is 5.11 Å². The Morgan fingerprint density at radius 3 is 2.88 bits per heavy atom. The van der Waals surface area contributed by atoms with Crippen LogP contribution < -0.4 is 10.9 Å². The molecule has 0 radical (unpaired) electrons. The fourth-order valence-corrected chi connectivity index (χ4v) is 2.34. The van der Waals surface area contributed by atoms with E-state index in [0.29, 0.717) is 0 Å². The minimum atomic E-state index is -0.816. The lowest BCUT2D eigenvalue weighted by molar-refractivity contribution is -0.138. The first-order valence-corrected chi connectivity index (χ1v) is 5.29. The Morgan fingerprint density at radius 2 is 2.25 bits per heavy atom. The second kappa shape index (κ2) is 3.70. The number of carboxylic acids is 1. The second-order valence-corrected chi connectivity index (χ2v) is 4.31. The van der Waals surface area contributed by atoms with E-state index >= 15 is 0 Å². The molecular formula is C10H15N3O3. The lowest BCUT2D eigenvalue weighted by atomic mass is 9.89. The average molecular weight is 225 g/mol. The number of fused-ring (bicyclic) bond motifs is 1. The van der Waals surface area contributed by atoms with Crippen LogP contribution >= 0.6 is 0 Å². The Morgan fingerprint density at radius 1 is 1.56 bits per heavy atom. The number of hydrogen-bond donors (Lipinski definition) is 3.